The monoisotopic (exact) mass is 238 g/mol. The molecule has 15 heavy (non-hydrogen) atoms. The van der Waals surface area contributed by atoms with Gasteiger partial charge in [0.05, 0.1) is 18.0 Å². The van der Waals surface area contributed by atoms with Crippen molar-refractivity contribution in [3.63, 3.8) is 0 Å². The summed E-state index contributed by atoms with van der Waals surface area (Å²) in [6.07, 6.45) is 9.27. The average Bonchev–Trinajstić information content (AvgIpc) is 3.02. The fourth-order valence-corrected chi connectivity index (χ4v) is 5.03. The molecule has 0 fully saturated rings. The van der Waals surface area contributed by atoms with Crippen LogP contribution in [0, 0.1) is 0 Å². The van der Waals surface area contributed by atoms with Gasteiger partial charge in [-0.3, -0.25) is 0 Å². The third-order valence-electron chi connectivity index (χ3n) is 3.25. The lowest BCUT2D eigenvalue weighted by atomic mass is 9.90. The lowest BCUT2D eigenvalue weighted by Gasteiger charge is -2.35. The molecule has 0 radical (unpaired) electrons. The van der Waals surface area contributed by atoms with Crippen molar-refractivity contribution in [2.45, 2.75) is 22.8 Å². The largest absolute Gasteiger partial charge is 0.373 e. The van der Waals surface area contributed by atoms with E-state index in [4.69, 9.17) is 4.74 Å². The van der Waals surface area contributed by atoms with Crippen LogP contribution in [-0.2, 0) is 4.74 Å². The molecule has 3 heterocycles. The molecule has 3 aliphatic heterocycles. The number of ether oxygens (including phenoxy) is 1. The van der Waals surface area contributed by atoms with E-state index in [-0.39, 0.29) is 0 Å². The van der Waals surface area contributed by atoms with E-state index in [0.29, 0.717) is 10.00 Å². The maximum Gasteiger partial charge on any atom is 0.0696 e. The van der Waals surface area contributed by atoms with Gasteiger partial charge in [-0.2, -0.15) is 0 Å². The van der Waals surface area contributed by atoms with Crippen molar-refractivity contribution in [2.24, 2.45) is 0 Å². The Morgan fingerprint density at radius 3 is 2.93 bits per heavy atom. The summed E-state index contributed by atoms with van der Waals surface area (Å²) in [5.41, 5.74) is 1.51. The van der Waals surface area contributed by atoms with Crippen LogP contribution in [0.15, 0.2) is 34.6 Å². The predicted octanol–water partition coefficient (Wildman–Crippen LogP) is 3.35. The molecule has 0 amide bonds. The molecule has 80 valence electrons. The number of rotatable bonds is 2. The molecule has 0 aromatic heterocycles. The van der Waals surface area contributed by atoms with Gasteiger partial charge in [-0.25, -0.2) is 0 Å². The maximum atomic E-state index is 5.49. The second kappa shape index (κ2) is 4.04. The summed E-state index contributed by atoms with van der Waals surface area (Å²) in [6.45, 7) is 1.65. The van der Waals surface area contributed by atoms with E-state index < -0.39 is 0 Å². The summed E-state index contributed by atoms with van der Waals surface area (Å²) in [6, 6.07) is 0. The van der Waals surface area contributed by atoms with Crippen molar-refractivity contribution in [3.8, 4) is 0 Å². The molecule has 0 aliphatic carbocycles. The summed E-state index contributed by atoms with van der Waals surface area (Å²) in [4.78, 5) is 0. The first kappa shape index (κ1) is 10.1. The number of hydrogen-bond acceptors (Lipinski definition) is 3. The first-order chi connectivity index (χ1) is 7.42. The summed E-state index contributed by atoms with van der Waals surface area (Å²) < 4.78 is 5.79. The van der Waals surface area contributed by atoms with E-state index >= 15 is 0 Å². The van der Waals surface area contributed by atoms with Crippen LogP contribution in [-0.4, -0.2) is 23.2 Å². The Morgan fingerprint density at radius 2 is 2.33 bits per heavy atom. The molecular formula is C12H14OS2. The van der Waals surface area contributed by atoms with E-state index in [0.717, 1.165) is 13.2 Å². The molecule has 3 aliphatic rings. The second-order valence-electron chi connectivity index (χ2n) is 4.06. The maximum absolute atomic E-state index is 5.49. The molecule has 1 nitrogen and oxygen atoms in total. The molecule has 0 spiro atoms. The SMILES string of the molecule is C1=CSC(C2(C3=CCOC3)CC=CS2)C1. The quantitative estimate of drug-likeness (QED) is 0.683. The third-order valence-corrected chi connectivity index (χ3v) is 6.14. The van der Waals surface area contributed by atoms with E-state index in [2.05, 4.69) is 29.0 Å². The highest BCUT2D eigenvalue weighted by Gasteiger charge is 2.44. The minimum Gasteiger partial charge on any atom is -0.373 e. The molecule has 0 aromatic carbocycles. The van der Waals surface area contributed by atoms with Gasteiger partial charge in [0.1, 0.15) is 0 Å². The van der Waals surface area contributed by atoms with Crippen LogP contribution in [0.3, 0.4) is 0 Å². The number of hydrogen-bond donors (Lipinski definition) is 0. The van der Waals surface area contributed by atoms with Gasteiger partial charge in [0.2, 0.25) is 0 Å². The van der Waals surface area contributed by atoms with Crippen molar-refractivity contribution in [2.75, 3.05) is 13.2 Å². The fraction of sp³-hybridized carbons (Fsp3) is 0.500. The Kier molecular flexibility index (Phi) is 2.71. The van der Waals surface area contributed by atoms with E-state index in [1.807, 2.05) is 23.5 Å². The summed E-state index contributed by atoms with van der Waals surface area (Å²) in [5, 5.41) is 5.21. The zero-order valence-corrected chi connectivity index (χ0v) is 10.2. The zero-order chi connectivity index (χ0) is 10.1. The molecule has 0 N–H and O–H groups in total. The smallest absolute Gasteiger partial charge is 0.0696 e. The van der Waals surface area contributed by atoms with E-state index in [1.54, 1.807) is 0 Å². The van der Waals surface area contributed by atoms with Gasteiger partial charge in [-0.05, 0) is 29.2 Å². The lowest BCUT2D eigenvalue weighted by Crippen LogP contribution is -2.36. The standard InChI is InChI=1S/C12H14OS2/c1-3-11(14-7-1)12(5-2-8-15-12)10-4-6-13-9-10/h1-2,4,7-8,11H,3,5-6,9H2. The molecule has 3 rings (SSSR count). The second-order valence-corrected chi connectivity index (χ2v) is 6.41. The van der Waals surface area contributed by atoms with Gasteiger partial charge in [0, 0.05) is 5.25 Å². The van der Waals surface area contributed by atoms with E-state index in [1.165, 1.54) is 18.4 Å². The van der Waals surface area contributed by atoms with Gasteiger partial charge in [0.15, 0.2) is 0 Å². The zero-order valence-electron chi connectivity index (χ0n) is 8.52. The number of allylic oxidation sites excluding steroid dienone is 2. The summed E-state index contributed by atoms with van der Waals surface area (Å²) in [5.74, 6) is 0. The van der Waals surface area contributed by atoms with Crippen molar-refractivity contribution >= 4 is 23.5 Å². The van der Waals surface area contributed by atoms with E-state index in [9.17, 15) is 0 Å². The highest BCUT2D eigenvalue weighted by molar-refractivity contribution is 8.07. The van der Waals surface area contributed by atoms with Crippen molar-refractivity contribution < 1.29 is 4.74 Å². The van der Waals surface area contributed by atoms with Crippen LogP contribution in [0.5, 0.6) is 0 Å². The van der Waals surface area contributed by atoms with Crippen LogP contribution < -0.4 is 0 Å². The van der Waals surface area contributed by atoms with Crippen LogP contribution in [0.25, 0.3) is 0 Å². The molecule has 3 heteroatoms. The first-order valence-electron chi connectivity index (χ1n) is 5.32. The Balaban J connectivity index is 1.88. The van der Waals surface area contributed by atoms with Gasteiger partial charge >= 0.3 is 0 Å². The molecular weight excluding hydrogens is 224 g/mol. The van der Waals surface area contributed by atoms with Crippen LogP contribution in [0.2, 0.25) is 0 Å². The topological polar surface area (TPSA) is 9.23 Å². The molecule has 0 saturated heterocycles. The Morgan fingerprint density at radius 1 is 1.33 bits per heavy atom. The van der Waals surface area contributed by atoms with Gasteiger partial charge in [-0.1, -0.05) is 18.2 Å². The highest BCUT2D eigenvalue weighted by atomic mass is 32.2. The minimum absolute atomic E-state index is 0.296. The van der Waals surface area contributed by atoms with Crippen LogP contribution in [0.1, 0.15) is 12.8 Å². The first-order valence-corrected chi connectivity index (χ1v) is 7.15. The summed E-state index contributed by atoms with van der Waals surface area (Å²) >= 11 is 3.98. The Labute approximate surface area is 99.0 Å². The molecule has 0 saturated carbocycles. The highest BCUT2D eigenvalue weighted by Crippen LogP contribution is 2.52. The number of thioether (sulfide) groups is 2. The molecule has 0 aromatic rings. The van der Waals surface area contributed by atoms with Crippen molar-refractivity contribution in [3.05, 3.63) is 34.6 Å². The molecule has 0 bridgehead atoms. The molecule has 2 atom stereocenters. The lowest BCUT2D eigenvalue weighted by molar-refractivity contribution is 0.204. The predicted molar refractivity (Wildman–Crippen MR) is 68.1 cm³/mol. The summed E-state index contributed by atoms with van der Waals surface area (Å²) in [7, 11) is 0. The minimum atomic E-state index is 0.296. The Hall–Kier alpha value is -0.120. The molecule has 2 unspecified atom stereocenters. The fourth-order valence-electron chi connectivity index (χ4n) is 2.43. The third kappa shape index (κ3) is 1.61. The normalized spacial score (nSPS) is 38.9. The van der Waals surface area contributed by atoms with Crippen LogP contribution >= 0.6 is 23.5 Å². The van der Waals surface area contributed by atoms with Crippen molar-refractivity contribution in [1.82, 2.24) is 0 Å². The van der Waals surface area contributed by atoms with Crippen molar-refractivity contribution in [1.29, 1.82) is 0 Å². The van der Waals surface area contributed by atoms with Gasteiger partial charge < -0.3 is 4.74 Å². The van der Waals surface area contributed by atoms with Gasteiger partial charge in [0.25, 0.3) is 0 Å². The van der Waals surface area contributed by atoms with Gasteiger partial charge in [-0.15, -0.1) is 23.5 Å². The Bertz CT molecular complexity index is 328. The average molecular weight is 238 g/mol. The van der Waals surface area contributed by atoms with Crippen LogP contribution in [0.4, 0.5) is 0 Å².